The molecule has 2 aliphatic rings. The van der Waals surface area contributed by atoms with Crippen LogP contribution in [0.5, 0.6) is 0 Å². The van der Waals surface area contributed by atoms with Gasteiger partial charge in [0, 0.05) is 25.3 Å². The Balaban J connectivity index is 1.41. The Morgan fingerprint density at radius 3 is 2.76 bits per heavy atom. The second kappa shape index (κ2) is 7.95. The number of carbonyl (C=O) groups excluding carboxylic acids is 1. The number of carbonyl (C=O) groups is 1. The van der Waals surface area contributed by atoms with Crippen molar-refractivity contribution in [2.75, 3.05) is 13.2 Å². The predicted octanol–water partition coefficient (Wildman–Crippen LogP) is 3.52. The highest BCUT2D eigenvalue weighted by Gasteiger charge is 2.31. The van der Waals surface area contributed by atoms with E-state index in [0.29, 0.717) is 25.6 Å². The maximum absolute atomic E-state index is 13.4. The number of amides is 1. The van der Waals surface area contributed by atoms with Crippen molar-refractivity contribution in [2.45, 2.75) is 50.8 Å². The molecule has 29 heavy (non-hydrogen) atoms. The average Bonchev–Trinajstić information content (AvgIpc) is 3.35. The van der Waals surface area contributed by atoms with E-state index in [0.717, 1.165) is 54.8 Å². The molecule has 5 rings (SSSR count). The summed E-state index contributed by atoms with van der Waals surface area (Å²) in [5, 5.41) is 0. The largest absolute Gasteiger partial charge is 0.376 e. The van der Waals surface area contributed by atoms with Gasteiger partial charge in [0.15, 0.2) is 0 Å². The molecule has 3 heterocycles. The molecule has 1 aliphatic carbocycles. The van der Waals surface area contributed by atoms with Gasteiger partial charge >= 0.3 is 0 Å². The lowest BCUT2D eigenvalue weighted by molar-refractivity contribution is -0.134. The molecule has 1 aromatic carbocycles. The highest BCUT2D eigenvalue weighted by molar-refractivity contribution is 5.81. The van der Waals surface area contributed by atoms with Crippen LogP contribution in [0.15, 0.2) is 48.7 Å². The molecule has 6 nitrogen and oxygen atoms in total. The zero-order chi connectivity index (χ0) is 19.6. The number of rotatable bonds is 7. The summed E-state index contributed by atoms with van der Waals surface area (Å²) in [6, 6.07) is 13.9. The van der Waals surface area contributed by atoms with E-state index < -0.39 is 0 Å². The fourth-order valence-corrected chi connectivity index (χ4v) is 4.12. The molecule has 0 spiro atoms. The third-order valence-corrected chi connectivity index (χ3v) is 5.80. The molecule has 2 aromatic heterocycles. The molecule has 0 radical (unpaired) electrons. The smallest absolute Gasteiger partial charge is 0.243 e. The van der Waals surface area contributed by atoms with Crippen molar-refractivity contribution in [3.05, 3.63) is 60.2 Å². The number of fused-ring (bicyclic) bond motifs is 1. The van der Waals surface area contributed by atoms with Crippen LogP contribution in [0.25, 0.3) is 11.0 Å². The number of ether oxygens (including phenoxy) is 1. The molecule has 1 amide bonds. The van der Waals surface area contributed by atoms with Gasteiger partial charge in [-0.25, -0.2) is 4.98 Å². The summed E-state index contributed by atoms with van der Waals surface area (Å²) in [6.45, 7) is 2.21. The van der Waals surface area contributed by atoms with Crippen molar-refractivity contribution < 1.29 is 9.53 Å². The fraction of sp³-hybridized carbons (Fsp3) is 0.435. The number of pyridine rings is 1. The Morgan fingerprint density at radius 2 is 2.00 bits per heavy atom. The summed E-state index contributed by atoms with van der Waals surface area (Å²) < 4.78 is 7.94. The number of hydrogen-bond donors (Lipinski definition) is 0. The molecule has 150 valence electrons. The molecule has 0 N–H and O–H groups in total. The summed E-state index contributed by atoms with van der Waals surface area (Å²) in [7, 11) is 0. The van der Waals surface area contributed by atoms with Crippen LogP contribution in [0.2, 0.25) is 0 Å². The van der Waals surface area contributed by atoms with Crippen molar-refractivity contribution in [3.63, 3.8) is 0 Å². The Bertz CT molecular complexity index is 991. The van der Waals surface area contributed by atoms with E-state index in [2.05, 4.69) is 15.6 Å². The SMILES string of the molecule is O=C(Cn1c(C2CC2)nc2ccccc21)N(Cc1ccccn1)CC1CCCO1. The van der Waals surface area contributed by atoms with Gasteiger partial charge < -0.3 is 14.2 Å². The standard InChI is InChI=1S/C23H26N4O2/c28-22(16-27-21-9-2-1-8-20(21)25-23(27)17-10-11-17)26(15-19-7-5-13-29-19)14-18-6-3-4-12-24-18/h1-4,6,8-9,12,17,19H,5,7,10-11,13-16H2. The summed E-state index contributed by atoms with van der Waals surface area (Å²) in [4.78, 5) is 24.6. The number of nitrogens with zero attached hydrogens (tertiary/aromatic N) is 4. The van der Waals surface area contributed by atoms with Crippen molar-refractivity contribution in [1.82, 2.24) is 19.4 Å². The van der Waals surface area contributed by atoms with Crippen molar-refractivity contribution >= 4 is 16.9 Å². The first-order chi connectivity index (χ1) is 14.3. The Morgan fingerprint density at radius 1 is 1.14 bits per heavy atom. The van der Waals surface area contributed by atoms with Crippen LogP contribution in [-0.2, 0) is 22.6 Å². The monoisotopic (exact) mass is 390 g/mol. The van der Waals surface area contributed by atoms with E-state index in [9.17, 15) is 4.79 Å². The molecule has 1 aliphatic heterocycles. The van der Waals surface area contributed by atoms with Crippen LogP contribution in [0.4, 0.5) is 0 Å². The molecule has 6 heteroatoms. The summed E-state index contributed by atoms with van der Waals surface area (Å²) >= 11 is 0. The summed E-state index contributed by atoms with van der Waals surface area (Å²) in [5.74, 6) is 1.63. The molecular formula is C23H26N4O2. The Labute approximate surface area is 170 Å². The van der Waals surface area contributed by atoms with Gasteiger partial charge in [0.1, 0.15) is 12.4 Å². The van der Waals surface area contributed by atoms with Crippen LogP contribution in [0.3, 0.4) is 0 Å². The lowest BCUT2D eigenvalue weighted by Gasteiger charge is -2.26. The summed E-state index contributed by atoms with van der Waals surface area (Å²) in [5.41, 5.74) is 2.91. The van der Waals surface area contributed by atoms with Crippen LogP contribution in [-0.4, -0.2) is 44.6 Å². The van der Waals surface area contributed by atoms with Crippen LogP contribution >= 0.6 is 0 Å². The number of hydrogen-bond acceptors (Lipinski definition) is 4. The van der Waals surface area contributed by atoms with E-state index in [1.807, 2.05) is 41.3 Å². The topological polar surface area (TPSA) is 60.2 Å². The first-order valence-corrected chi connectivity index (χ1v) is 10.5. The van der Waals surface area contributed by atoms with Crippen LogP contribution < -0.4 is 0 Å². The van der Waals surface area contributed by atoms with E-state index in [4.69, 9.17) is 9.72 Å². The average molecular weight is 390 g/mol. The lowest BCUT2D eigenvalue weighted by atomic mass is 10.2. The lowest BCUT2D eigenvalue weighted by Crippen LogP contribution is -2.39. The minimum Gasteiger partial charge on any atom is -0.376 e. The maximum atomic E-state index is 13.4. The third-order valence-electron chi connectivity index (χ3n) is 5.80. The van der Waals surface area contributed by atoms with E-state index in [1.54, 1.807) is 6.20 Å². The molecule has 1 saturated heterocycles. The quantitative estimate of drug-likeness (QED) is 0.619. The van der Waals surface area contributed by atoms with Gasteiger partial charge in [-0.1, -0.05) is 18.2 Å². The van der Waals surface area contributed by atoms with Gasteiger partial charge in [0.05, 0.1) is 29.4 Å². The first kappa shape index (κ1) is 18.3. The highest BCUT2D eigenvalue weighted by atomic mass is 16.5. The van der Waals surface area contributed by atoms with Crippen LogP contribution in [0.1, 0.15) is 43.1 Å². The molecule has 1 saturated carbocycles. The molecule has 3 aromatic rings. The van der Waals surface area contributed by atoms with Crippen molar-refractivity contribution in [1.29, 1.82) is 0 Å². The zero-order valence-corrected chi connectivity index (χ0v) is 16.5. The normalized spacial score (nSPS) is 19.0. The maximum Gasteiger partial charge on any atom is 0.243 e. The number of benzene rings is 1. The van der Waals surface area contributed by atoms with E-state index in [-0.39, 0.29) is 12.0 Å². The molecule has 1 unspecified atom stereocenters. The second-order valence-corrected chi connectivity index (χ2v) is 8.05. The number of imidazole rings is 1. The molecule has 2 fully saturated rings. The van der Waals surface area contributed by atoms with Gasteiger partial charge in [0.2, 0.25) is 5.91 Å². The molecular weight excluding hydrogens is 364 g/mol. The minimum absolute atomic E-state index is 0.0937. The van der Waals surface area contributed by atoms with Gasteiger partial charge in [-0.2, -0.15) is 0 Å². The van der Waals surface area contributed by atoms with E-state index in [1.165, 1.54) is 0 Å². The van der Waals surface area contributed by atoms with Crippen LogP contribution in [0, 0.1) is 0 Å². The zero-order valence-electron chi connectivity index (χ0n) is 16.5. The van der Waals surface area contributed by atoms with Gasteiger partial charge in [-0.15, -0.1) is 0 Å². The summed E-state index contributed by atoms with van der Waals surface area (Å²) in [6.07, 6.45) is 6.28. The first-order valence-electron chi connectivity index (χ1n) is 10.5. The molecule has 0 bridgehead atoms. The highest BCUT2D eigenvalue weighted by Crippen LogP contribution is 2.40. The Kier molecular flexibility index (Phi) is 5.02. The van der Waals surface area contributed by atoms with Gasteiger partial charge in [0.25, 0.3) is 0 Å². The minimum atomic E-state index is 0.0937. The number of para-hydroxylation sites is 2. The predicted molar refractivity (Wildman–Crippen MR) is 110 cm³/mol. The van der Waals surface area contributed by atoms with Crippen molar-refractivity contribution in [3.8, 4) is 0 Å². The van der Waals surface area contributed by atoms with Crippen molar-refractivity contribution in [2.24, 2.45) is 0 Å². The van der Waals surface area contributed by atoms with E-state index >= 15 is 0 Å². The molecule has 1 atom stereocenters. The number of aromatic nitrogens is 3. The third kappa shape index (κ3) is 4.03. The van der Waals surface area contributed by atoms with Gasteiger partial charge in [-0.3, -0.25) is 9.78 Å². The fourth-order valence-electron chi connectivity index (χ4n) is 4.12. The second-order valence-electron chi connectivity index (χ2n) is 8.05. The Hall–Kier alpha value is -2.73. The van der Waals surface area contributed by atoms with Gasteiger partial charge in [-0.05, 0) is 49.9 Å².